The Balaban J connectivity index is 3.13. The highest BCUT2D eigenvalue weighted by Crippen LogP contribution is 2.35. The normalized spacial score (nSPS) is 13.1. The lowest BCUT2D eigenvalue weighted by molar-refractivity contribution is 0.480. The van der Waals surface area contributed by atoms with Crippen LogP contribution >= 0.6 is 0 Å². The van der Waals surface area contributed by atoms with Gasteiger partial charge in [-0.05, 0) is 36.6 Å². The maximum absolute atomic E-state index is 11.6. The molecule has 0 amide bonds. The molecule has 0 unspecified atom stereocenters. The van der Waals surface area contributed by atoms with Crippen LogP contribution in [-0.4, -0.2) is 45.5 Å². The fraction of sp³-hybridized carbons (Fsp3) is 0.167. The molecule has 2 aromatic carbocycles. The zero-order valence-corrected chi connectivity index (χ0v) is 15.0. The van der Waals surface area contributed by atoms with E-state index in [4.69, 9.17) is 4.55 Å². The van der Waals surface area contributed by atoms with Gasteiger partial charge in [-0.2, -0.15) is 25.3 Å². The maximum Gasteiger partial charge on any atom is 0.295 e. The summed E-state index contributed by atoms with van der Waals surface area (Å²) < 4.78 is 96.5. The minimum absolute atomic E-state index is 0.0814. The van der Waals surface area contributed by atoms with Gasteiger partial charge in [0.15, 0.2) is 0 Å². The molecule has 25 heavy (non-hydrogen) atoms. The smallest absolute Gasteiger partial charge is 0.295 e. The van der Waals surface area contributed by atoms with Gasteiger partial charge in [0.05, 0.1) is 9.79 Å². The number of hydrogen-bond donors (Lipinski definition) is 4. The topological polar surface area (TPSA) is 175 Å². The number of nitrogens with one attached hydrogen (secondary N) is 1. The molecule has 0 heterocycles. The lowest BCUT2D eigenvalue weighted by Crippen LogP contribution is -2.08. The average molecular weight is 411 g/mol. The average Bonchev–Trinajstić information content (AvgIpc) is 2.43. The van der Waals surface area contributed by atoms with Crippen LogP contribution in [0.5, 0.6) is 0 Å². The van der Waals surface area contributed by atoms with Crippen LogP contribution in [-0.2, 0) is 30.4 Å². The Labute approximate surface area is 143 Å². The minimum atomic E-state index is -4.93. The van der Waals surface area contributed by atoms with Crippen LogP contribution in [0.4, 0.5) is 5.69 Å². The van der Waals surface area contributed by atoms with Gasteiger partial charge in [0, 0.05) is 17.6 Å². The molecular weight excluding hydrogens is 398 g/mol. The van der Waals surface area contributed by atoms with E-state index in [-0.39, 0.29) is 23.0 Å². The Hall–Kier alpha value is -1.77. The van der Waals surface area contributed by atoms with Crippen molar-refractivity contribution < 1.29 is 38.9 Å². The van der Waals surface area contributed by atoms with Gasteiger partial charge in [-0.25, -0.2) is 0 Å². The van der Waals surface area contributed by atoms with E-state index in [2.05, 4.69) is 5.32 Å². The van der Waals surface area contributed by atoms with E-state index in [1.807, 2.05) is 0 Å². The lowest BCUT2D eigenvalue weighted by atomic mass is 10.1. The van der Waals surface area contributed by atoms with Crippen molar-refractivity contribution in [3.63, 3.8) is 0 Å². The fourth-order valence-electron chi connectivity index (χ4n) is 2.25. The minimum Gasteiger partial charge on any atom is -0.385 e. The third-order valence-corrected chi connectivity index (χ3v) is 5.74. The molecule has 0 bridgehead atoms. The van der Waals surface area contributed by atoms with Crippen LogP contribution in [0.15, 0.2) is 39.0 Å². The molecule has 0 radical (unpaired) electrons. The molecule has 0 aliphatic heterocycles. The van der Waals surface area contributed by atoms with Crippen molar-refractivity contribution in [1.29, 1.82) is 0 Å². The Morgan fingerprint density at radius 2 is 1.28 bits per heavy atom. The van der Waals surface area contributed by atoms with Crippen molar-refractivity contribution in [2.45, 2.75) is 21.6 Å². The van der Waals surface area contributed by atoms with Crippen LogP contribution in [0.3, 0.4) is 0 Å². The van der Waals surface area contributed by atoms with Crippen LogP contribution in [0.2, 0.25) is 0 Å². The molecule has 2 aromatic rings. The Bertz CT molecular complexity index is 1160. The van der Waals surface area contributed by atoms with Crippen LogP contribution in [0.1, 0.15) is 6.92 Å². The van der Waals surface area contributed by atoms with Gasteiger partial charge in [-0.1, -0.05) is 0 Å². The second-order valence-electron chi connectivity index (χ2n) is 4.95. The summed E-state index contributed by atoms with van der Waals surface area (Å²) in [5, 5.41) is 2.21. The summed E-state index contributed by atoms with van der Waals surface area (Å²) in [6.45, 7) is 1.83. The van der Waals surface area contributed by atoms with Crippen LogP contribution < -0.4 is 5.32 Å². The highest BCUT2D eigenvalue weighted by atomic mass is 32.2. The van der Waals surface area contributed by atoms with Gasteiger partial charge in [0.25, 0.3) is 30.4 Å². The molecule has 0 aromatic heterocycles. The first-order valence-corrected chi connectivity index (χ1v) is 10.9. The number of fused-ring (bicyclic) bond motifs is 1. The van der Waals surface area contributed by atoms with Gasteiger partial charge in [0.1, 0.15) is 4.90 Å². The van der Waals surface area contributed by atoms with E-state index in [9.17, 15) is 34.4 Å². The zero-order chi connectivity index (χ0) is 19.2. The largest absolute Gasteiger partial charge is 0.385 e. The highest BCUT2D eigenvalue weighted by Gasteiger charge is 2.24. The standard InChI is InChI=1S/C12H13NO9S3/c1-2-13-10-5-8(23(14,15)16)3-7-4-9(24(17,18)19)6-11(12(7)10)25(20,21)22/h3-6,13H,2H2,1H3,(H,14,15,16)(H,17,18,19)(H,20,21,22). The summed E-state index contributed by atoms with van der Waals surface area (Å²) >= 11 is 0. The van der Waals surface area contributed by atoms with Gasteiger partial charge >= 0.3 is 0 Å². The number of benzene rings is 2. The van der Waals surface area contributed by atoms with E-state index in [0.717, 1.165) is 18.2 Å². The summed E-state index contributed by atoms with van der Waals surface area (Å²) in [4.78, 5) is -2.36. The molecule has 0 aliphatic rings. The Morgan fingerprint density at radius 3 is 1.68 bits per heavy atom. The first kappa shape index (κ1) is 19.6. The molecular formula is C12H13NO9S3. The van der Waals surface area contributed by atoms with E-state index in [0.29, 0.717) is 6.07 Å². The van der Waals surface area contributed by atoms with E-state index < -0.39 is 45.0 Å². The Morgan fingerprint density at radius 1 is 0.800 bits per heavy atom. The number of rotatable bonds is 5. The third kappa shape index (κ3) is 4.08. The molecule has 4 N–H and O–H groups in total. The van der Waals surface area contributed by atoms with Crippen molar-refractivity contribution in [2.75, 3.05) is 11.9 Å². The lowest BCUT2D eigenvalue weighted by Gasteiger charge is -2.14. The molecule has 2 rings (SSSR count). The zero-order valence-electron chi connectivity index (χ0n) is 12.5. The molecule has 10 nitrogen and oxygen atoms in total. The molecule has 0 saturated heterocycles. The van der Waals surface area contributed by atoms with Crippen molar-refractivity contribution in [2.24, 2.45) is 0 Å². The van der Waals surface area contributed by atoms with Gasteiger partial charge < -0.3 is 5.32 Å². The highest BCUT2D eigenvalue weighted by molar-refractivity contribution is 7.87. The third-order valence-electron chi connectivity index (χ3n) is 3.20. The molecule has 0 spiro atoms. The summed E-state index contributed by atoms with van der Waals surface area (Å²) in [6, 6.07) is 3.10. The molecule has 0 fully saturated rings. The fourth-order valence-corrected chi connectivity index (χ4v) is 4.17. The molecule has 0 aliphatic carbocycles. The second-order valence-corrected chi connectivity index (χ2v) is 9.18. The van der Waals surface area contributed by atoms with Crippen molar-refractivity contribution >= 4 is 46.8 Å². The second kappa shape index (κ2) is 6.19. The van der Waals surface area contributed by atoms with Gasteiger partial charge in [-0.15, -0.1) is 0 Å². The first-order chi connectivity index (χ1) is 11.2. The summed E-state index contributed by atoms with van der Waals surface area (Å²) in [5.41, 5.74) is -0.0814. The predicted molar refractivity (Wildman–Crippen MR) is 87.6 cm³/mol. The van der Waals surface area contributed by atoms with Gasteiger partial charge in [-0.3, -0.25) is 13.7 Å². The van der Waals surface area contributed by atoms with Crippen molar-refractivity contribution in [1.82, 2.24) is 0 Å². The number of hydrogen-bond acceptors (Lipinski definition) is 7. The first-order valence-electron chi connectivity index (χ1n) is 6.53. The van der Waals surface area contributed by atoms with Crippen LogP contribution in [0.25, 0.3) is 10.8 Å². The quantitative estimate of drug-likeness (QED) is 0.519. The van der Waals surface area contributed by atoms with E-state index in [1.165, 1.54) is 0 Å². The monoisotopic (exact) mass is 411 g/mol. The molecule has 0 saturated carbocycles. The Kier molecular flexibility index (Phi) is 4.84. The van der Waals surface area contributed by atoms with Crippen molar-refractivity contribution in [3.8, 4) is 0 Å². The maximum atomic E-state index is 11.6. The van der Waals surface area contributed by atoms with E-state index >= 15 is 0 Å². The van der Waals surface area contributed by atoms with Gasteiger partial charge in [0.2, 0.25) is 0 Å². The van der Waals surface area contributed by atoms with Crippen LogP contribution in [0, 0.1) is 0 Å². The van der Waals surface area contributed by atoms with Crippen molar-refractivity contribution in [3.05, 3.63) is 24.3 Å². The van der Waals surface area contributed by atoms with E-state index in [1.54, 1.807) is 6.92 Å². The molecule has 13 heteroatoms. The molecule has 0 atom stereocenters. The molecule has 138 valence electrons. The SMILES string of the molecule is CCNc1cc(S(=O)(=O)O)cc2cc(S(=O)(=O)O)cc(S(=O)(=O)O)c12. The summed E-state index contributed by atoms with van der Waals surface area (Å²) in [5.74, 6) is 0. The predicted octanol–water partition coefficient (Wildman–Crippen LogP) is 1.01. The summed E-state index contributed by atoms with van der Waals surface area (Å²) in [6.07, 6.45) is 0. The number of anilines is 1. The summed E-state index contributed by atoms with van der Waals surface area (Å²) in [7, 11) is -14.5.